The van der Waals surface area contributed by atoms with Crippen LogP contribution in [-0.4, -0.2) is 59.2 Å². The Balaban J connectivity index is 1.91. The SMILES string of the molecule is CNc1nc(NCCN2CCCC2)nc(OC(C)C)n1. The number of ether oxygens (including phenoxy) is 1. The molecule has 0 aromatic carbocycles. The number of likely N-dealkylation sites (tertiary alicyclic amines) is 1. The lowest BCUT2D eigenvalue weighted by atomic mass is 10.4. The van der Waals surface area contributed by atoms with Gasteiger partial charge in [-0.25, -0.2) is 0 Å². The Labute approximate surface area is 120 Å². The fraction of sp³-hybridized carbons (Fsp3) is 0.769. The summed E-state index contributed by atoms with van der Waals surface area (Å²) in [6, 6.07) is 0.350. The van der Waals surface area contributed by atoms with Crippen molar-refractivity contribution in [1.29, 1.82) is 0 Å². The van der Waals surface area contributed by atoms with E-state index in [9.17, 15) is 0 Å². The Morgan fingerprint density at radius 2 is 1.85 bits per heavy atom. The van der Waals surface area contributed by atoms with E-state index in [0.29, 0.717) is 17.9 Å². The van der Waals surface area contributed by atoms with Crippen molar-refractivity contribution >= 4 is 11.9 Å². The van der Waals surface area contributed by atoms with Gasteiger partial charge in [-0.1, -0.05) is 0 Å². The standard InChI is InChI=1S/C13H24N6O/c1-10(2)20-13-17-11(14-3)16-12(18-13)15-6-9-19-7-4-5-8-19/h10H,4-9H2,1-3H3,(H2,14,15,16,17,18). The van der Waals surface area contributed by atoms with Gasteiger partial charge < -0.3 is 20.3 Å². The molecule has 1 saturated heterocycles. The first-order valence-corrected chi connectivity index (χ1v) is 7.24. The molecule has 0 saturated carbocycles. The van der Waals surface area contributed by atoms with E-state index in [1.807, 2.05) is 13.8 Å². The van der Waals surface area contributed by atoms with E-state index < -0.39 is 0 Å². The monoisotopic (exact) mass is 280 g/mol. The number of rotatable bonds is 7. The van der Waals surface area contributed by atoms with Crippen molar-refractivity contribution in [2.45, 2.75) is 32.8 Å². The molecule has 0 atom stereocenters. The molecule has 1 fully saturated rings. The van der Waals surface area contributed by atoms with Crippen LogP contribution in [0.4, 0.5) is 11.9 Å². The molecule has 0 unspecified atom stereocenters. The first kappa shape index (κ1) is 14.8. The Bertz CT molecular complexity index is 419. The molecule has 0 aliphatic carbocycles. The van der Waals surface area contributed by atoms with E-state index in [1.165, 1.54) is 25.9 Å². The summed E-state index contributed by atoms with van der Waals surface area (Å²) in [5, 5.41) is 6.16. The van der Waals surface area contributed by atoms with Crippen molar-refractivity contribution in [2.75, 3.05) is 43.9 Å². The number of aromatic nitrogens is 3. The predicted molar refractivity (Wildman–Crippen MR) is 79.3 cm³/mol. The zero-order chi connectivity index (χ0) is 14.4. The van der Waals surface area contributed by atoms with Crippen molar-refractivity contribution in [3.05, 3.63) is 0 Å². The van der Waals surface area contributed by atoms with Crippen LogP contribution in [0, 0.1) is 0 Å². The van der Waals surface area contributed by atoms with Crippen LogP contribution in [0.25, 0.3) is 0 Å². The molecule has 7 heteroatoms. The Morgan fingerprint density at radius 1 is 1.15 bits per heavy atom. The smallest absolute Gasteiger partial charge is 0.323 e. The summed E-state index contributed by atoms with van der Waals surface area (Å²) < 4.78 is 5.52. The van der Waals surface area contributed by atoms with Gasteiger partial charge in [-0.15, -0.1) is 0 Å². The summed E-state index contributed by atoms with van der Waals surface area (Å²) in [6.07, 6.45) is 2.66. The first-order valence-electron chi connectivity index (χ1n) is 7.24. The minimum atomic E-state index is 0.0413. The van der Waals surface area contributed by atoms with E-state index in [4.69, 9.17) is 4.74 Å². The molecule has 20 heavy (non-hydrogen) atoms. The largest absolute Gasteiger partial charge is 0.461 e. The van der Waals surface area contributed by atoms with Gasteiger partial charge in [0.05, 0.1) is 6.10 Å². The van der Waals surface area contributed by atoms with Crippen LogP contribution in [0.2, 0.25) is 0 Å². The van der Waals surface area contributed by atoms with Crippen LogP contribution in [0.1, 0.15) is 26.7 Å². The van der Waals surface area contributed by atoms with Crippen LogP contribution in [0.15, 0.2) is 0 Å². The zero-order valence-corrected chi connectivity index (χ0v) is 12.5. The Morgan fingerprint density at radius 3 is 2.50 bits per heavy atom. The molecule has 0 spiro atoms. The highest BCUT2D eigenvalue weighted by Gasteiger charge is 2.12. The van der Waals surface area contributed by atoms with Gasteiger partial charge >= 0.3 is 6.01 Å². The van der Waals surface area contributed by atoms with E-state index in [-0.39, 0.29) is 6.10 Å². The molecular weight excluding hydrogens is 256 g/mol. The summed E-state index contributed by atoms with van der Waals surface area (Å²) in [4.78, 5) is 15.2. The van der Waals surface area contributed by atoms with Crippen molar-refractivity contribution in [3.8, 4) is 6.01 Å². The molecule has 2 heterocycles. The topological polar surface area (TPSA) is 75.2 Å². The van der Waals surface area contributed by atoms with Crippen molar-refractivity contribution in [1.82, 2.24) is 19.9 Å². The average Bonchev–Trinajstić information content (AvgIpc) is 2.91. The average molecular weight is 280 g/mol. The van der Waals surface area contributed by atoms with Gasteiger partial charge in [0.15, 0.2) is 0 Å². The predicted octanol–water partition coefficient (Wildman–Crippen LogP) is 1.21. The number of anilines is 2. The molecule has 1 aliphatic heterocycles. The normalized spacial score (nSPS) is 15.6. The third-order valence-corrected chi connectivity index (χ3v) is 3.09. The van der Waals surface area contributed by atoms with Gasteiger partial charge in [-0.2, -0.15) is 15.0 Å². The van der Waals surface area contributed by atoms with Gasteiger partial charge in [-0.05, 0) is 39.8 Å². The summed E-state index contributed by atoms with van der Waals surface area (Å²) in [7, 11) is 1.78. The van der Waals surface area contributed by atoms with E-state index in [1.54, 1.807) is 7.05 Å². The second-order valence-corrected chi connectivity index (χ2v) is 5.16. The lowest BCUT2D eigenvalue weighted by Crippen LogP contribution is -2.26. The lowest BCUT2D eigenvalue weighted by Gasteiger charge is -2.15. The second-order valence-electron chi connectivity index (χ2n) is 5.16. The van der Waals surface area contributed by atoms with Crippen LogP contribution < -0.4 is 15.4 Å². The van der Waals surface area contributed by atoms with Crippen LogP contribution in [-0.2, 0) is 0 Å². The molecule has 0 amide bonds. The fourth-order valence-electron chi connectivity index (χ4n) is 2.14. The summed E-state index contributed by atoms with van der Waals surface area (Å²) in [5.41, 5.74) is 0. The summed E-state index contributed by atoms with van der Waals surface area (Å²) in [5.74, 6) is 1.07. The molecular formula is C13H24N6O. The highest BCUT2D eigenvalue weighted by atomic mass is 16.5. The highest BCUT2D eigenvalue weighted by Crippen LogP contribution is 2.12. The molecule has 1 aliphatic rings. The maximum atomic E-state index is 5.52. The number of nitrogens with one attached hydrogen (secondary N) is 2. The van der Waals surface area contributed by atoms with Crippen molar-refractivity contribution in [3.63, 3.8) is 0 Å². The number of hydrogen-bond acceptors (Lipinski definition) is 7. The minimum absolute atomic E-state index is 0.0413. The first-order chi connectivity index (χ1) is 9.67. The molecule has 2 rings (SSSR count). The van der Waals surface area contributed by atoms with Crippen molar-refractivity contribution in [2.24, 2.45) is 0 Å². The Hall–Kier alpha value is -1.63. The van der Waals surface area contributed by atoms with E-state index in [0.717, 1.165) is 13.1 Å². The summed E-state index contributed by atoms with van der Waals surface area (Å²) in [6.45, 7) is 8.13. The molecule has 1 aromatic heterocycles. The van der Waals surface area contributed by atoms with Crippen LogP contribution >= 0.6 is 0 Å². The molecule has 7 nitrogen and oxygen atoms in total. The quantitative estimate of drug-likeness (QED) is 0.777. The number of hydrogen-bond donors (Lipinski definition) is 2. The van der Waals surface area contributed by atoms with Crippen molar-refractivity contribution < 1.29 is 4.74 Å². The molecule has 0 radical (unpaired) electrons. The molecule has 112 valence electrons. The maximum Gasteiger partial charge on any atom is 0.323 e. The minimum Gasteiger partial charge on any atom is -0.461 e. The third-order valence-electron chi connectivity index (χ3n) is 3.09. The maximum absolute atomic E-state index is 5.52. The van der Waals surface area contributed by atoms with Gasteiger partial charge in [0.25, 0.3) is 0 Å². The van der Waals surface area contributed by atoms with Gasteiger partial charge in [-0.3, -0.25) is 0 Å². The second kappa shape index (κ2) is 7.23. The molecule has 0 bridgehead atoms. The van der Waals surface area contributed by atoms with Gasteiger partial charge in [0.1, 0.15) is 0 Å². The summed E-state index contributed by atoms with van der Waals surface area (Å²) >= 11 is 0. The van der Waals surface area contributed by atoms with E-state index in [2.05, 4.69) is 30.5 Å². The lowest BCUT2D eigenvalue weighted by molar-refractivity contribution is 0.222. The van der Waals surface area contributed by atoms with Crippen LogP contribution in [0.5, 0.6) is 6.01 Å². The zero-order valence-electron chi connectivity index (χ0n) is 12.5. The molecule has 2 N–H and O–H groups in total. The van der Waals surface area contributed by atoms with Gasteiger partial charge in [0.2, 0.25) is 11.9 Å². The highest BCUT2D eigenvalue weighted by molar-refractivity contribution is 5.35. The van der Waals surface area contributed by atoms with E-state index >= 15 is 0 Å². The third kappa shape index (κ3) is 4.48. The Kier molecular flexibility index (Phi) is 5.34. The van der Waals surface area contributed by atoms with Gasteiger partial charge in [0, 0.05) is 20.1 Å². The van der Waals surface area contributed by atoms with Crippen LogP contribution in [0.3, 0.4) is 0 Å². The fourth-order valence-corrected chi connectivity index (χ4v) is 2.14. The number of nitrogens with zero attached hydrogens (tertiary/aromatic N) is 4. The molecule has 1 aromatic rings.